The quantitative estimate of drug-likeness (QED) is 0.511. The molecule has 2 aromatic rings. The van der Waals surface area contributed by atoms with Crippen LogP contribution in [0, 0.1) is 17.0 Å². The highest BCUT2D eigenvalue weighted by Crippen LogP contribution is 2.28. The zero-order valence-corrected chi connectivity index (χ0v) is 11.9. The Kier molecular flexibility index (Phi) is 3.81. The van der Waals surface area contributed by atoms with E-state index in [1.807, 2.05) is 6.92 Å². The Bertz CT molecular complexity index is 786. The summed E-state index contributed by atoms with van der Waals surface area (Å²) in [5, 5.41) is 10.9. The van der Waals surface area contributed by atoms with Crippen molar-refractivity contribution in [3.05, 3.63) is 58.1 Å². The highest BCUT2D eigenvalue weighted by atomic mass is 32.2. The molecule has 0 aliphatic rings. The first-order valence-corrected chi connectivity index (χ1v) is 7.41. The number of nitrogen functional groups attached to an aromatic ring is 1. The molecular formula is C13H13N3O4S. The van der Waals surface area contributed by atoms with Gasteiger partial charge in [-0.1, -0.05) is 17.7 Å². The number of benzene rings is 2. The van der Waals surface area contributed by atoms with E-state index in [4.69, 9.17) is 5.73 Å². The second-order valence-electron chi connectivity index (χ2n) is 4.45. The van der Waals surface area contributed by atoms with Gasteiger partial charge in [-0.3, -0.25) is 14.8 Å². The third kappa shape index (κ3) is 3.29. The van der Waals surface area contributed by atoms with Crippen molar-refractivity contribution in [1.29, 1.82) is 0 Å². The lowest BCUT2D eigenvalue weighted by atomic mass is 10.2. The highest BCUT2D eigenvalue weighted by molar-refractivity contribution is 7.92. The summed E-state index contributed by atoms with van der Waals surface area (Å²) in [6, 6.07) is 9.84. The molecule has 0 bridgehead atoms. The van der Waals surface area contributed by atoms with Crippen LogP contribution in [0.15, 0.2) is 47.4 Å². The molecule has 0 spiro atoms. The minimum Gasteiger partial charge on any atom is -0.399 e. The van der Waals surface area contributed by atoms with Crippen LogP contribution in [-0.2, 0) is 10.0 Å². The standard InChI is InChI=1S/C13H13N3O4S/c1-9-2-5-11(6-3-9)21(19,20)15-12-8-10(14)4-7-13(12)16(17)18/h2-8,15H,14H2,1H3. The third-order valence-corrected chi connectivity index (χ3v) is 4.17. The minimum atomic E-state index is -3.91. The second kappa shape index (κ2) is 5.41. The van der Waals surface area contributed by atoms with Crippen molar-refractivity contribution in [3.63, 3.8) is 0 Å². The predicted molar refractivity (Wildman–Crippen MR) is 79.5 cm³/mol. The molecule has 0 aliphatic carbocycles. The van der Waals surface area contributed by atoms with Crippen molar-refractivity contribution in [1.82, 2.24) is 0 Å². The molecule has 8 heteroatoms. The molecule has 0 saturated carbocycles. The molecule has 0 radical (unpaired) electrons. The molecule has 2 rings (SSSR count). The Labute approximate surface area is 121 Å². The van der Waals surface area contributed by atoms with E-state index in [1.54, 1.807) is 12.1 Å². The number of hydrogen-bond acceptors (Lipinski definition) is 5. The van der Waals surface area contributed by atoms with Crippen LogP contribution >= 0.6 is 0 Å². The maximum atomic E-state index is 12.2. The van der Waals surface area contributed by atoms with Crippen molar-refractivity contribution in [3.8, 4) is 0 Å². The zero-order chi connectivity index (χ0) is 15.6. The molecule has 0 heterocycles. The number of anilines is 2. The number of nitro groups is 1. The van der Waals surface area contributed by atoms with Gasteiger partial charge in [-0.15, -0.1) is 0 Å². The SMILES string of the molecule is Cc1ccc(S(=O)(=O)Nc2cc(N)ccc2[N+](=O)[O-])cc1. The number of nitrogens with two attached hydrogens (primary N) is 1. The normalized spacial score (nSPS) is 11.1. The highest BCUT2D eigenvalue weighted by Gasteiger charge is 2.20. The number of nitro benzene ring substituents is 1. The van der Waals surface area contributed by atoms with Gasteiger partial charge in [0.1, 0.15) is 5.69 Å². The van der Waals surface area contributed by atoms with Crippen LogP contribution in [0.3, 0.4) is 0 Å². The lowest BCUT2D eigenvalue weighted by Gasteiger charge is -2.09. The summed E-state index contributed by atoms with van der Waals surface area (Å²) in [5.41, 5.74) is 6.15. The number of hydrogen-bond donors (Lipinski definition) is 2. The number of nitrogens with zero attached hydrogens (tertiary/aromatic N) is 1. The molecule has 110 valence electrons. The summed E-state index contributed by atoms with van der Waals surface area (Å²) >= 11 is 0. The van der Waals surface area contributed by atoms with Crippen LogP contribution in [0.2, 0.25) is 0 Å². The Morgan fingerprint density at radius 3 is 2.33 bits per heavy atom. The number of rotatable bonds is 4. The summed E-state index contributed by atoms with van der Waals surface area (Å²) in [5.74, 6) is 0. The van der Waals surface area contributed by atoms with Crippen molar-refractivity contribution in [2.24, 2.45) is 0 Å². The van der Waals surface area contributed by atoms with Gasteiger partial charge in [-0.2, -0.15) is 0 Å². The monoisotopic (exact) mass is 307 g/mol. The molecule has 0 atom stereocenters. The van der Waals surface area contributed by atoms with Gasteiger partial charge in [0, 0.05) is 11.8 Å². The fraction of sp³-hybridized carbons (Fsp3) is 0.0769. The summed E-state index contributed by atoms with van der Waals surface area (Å²) in [6.07, 6.45) is 0. The maximum absolute atomic E-state index is 12.2. The van der Waals surface area contributed by atoms with Gasteiger partial charge in [0.15, 0.2) is 0 Å². The van der Waals surface area contributed by atoms with Crippen LogP contribution < -0.4 is 10.5 Å². The topological polar surface area (TPSA) is 115 Å². The zero-order valence-electron chi connectivity index (χ0n) is 11.1. The molecule has 0 aliphatic heterocycles. The van der Waals surface area contributed by atoms with Gasteiger partial charge < -0.3 is 5.73 Å². The smallest absolute Gasteiger partial charge is 0.293 e. The molecule has 0 amide bonds. The number of sulfonamides is 1. The first-order chi connectivity index (χ1) is 9.79. The molecule has 3 N–H and O–H groups in total. The van der Waals surface area contributed by atoms with Gasteiger partial charge in [-0.25, -0.2) is 8.42 Å². The fourth-order valence-electron chi connectivity index (χ4n) is 1.72. The summed E-state index contributed by atoms with van der Waals surface area (Å²) in [6.45, 7) is 1.83. The van der Waals surface area contributed by atoms with E-state index in [9.17, 15) is 18.5 Å². The van der Waals surface area contributed by atoms with Gasteiger partial charge in [-0.05, 0) is 31.2 Å². The van der Waals surface area contributed by atoms with E-state index in [-0.39, 0.29) is 22.0 Å². The summed E-state index contributed by atoms with van der Waals surface area (Å²) in [7, 11) is -3.91. The molecule has 21 heavy (non-hydrogen) atoms. The van der Waals surface area contributed by atoms with Crippen LogP contribution in [0.25, 0.3) is 0 Å². The Hall–Kier alpha value is -2.61. The van der Waals surface area contributed by atoms with Crippen LogP contribution in [0.5, 0.6) is 0 Å². The van der Waals surface area contributed by atoms with Crippen LogP contribution in [0.1, 0.15) is 5.56 Å². The van der Waals surface area contributed by atoms with Crippen LogP contribution in [0.4, 0.5) is 17.1 Å². The Balaban J connectivity index is 2.43. The third-order valence-electron chi connectivity index (χ3n) is 2.79. The van der Waals surface area contributed by atoms with Crippen molar-refractivity contribution >= 4 is 27.1 Å². The lowest BCUT2D eigenvalue weighted by molar-refractivity contribution is -0.383. The van der Waals surface area contributed by atoms with Gasteiger partial charge >= 0.3 is 0 Å². The van der Waals surface area contributed by atoms with Crippen molar-refractivity contribution < 1.29 is 13.3 Å². The molecule has 7 nitrogen and oxygen atoms in total. The summed E-state index contributed by atoms with van der Waals surface area (Å²) < 4.78 is 26.6. The first-order valence-electron chi connectivity index (χ1n) is 5.93. The van der Waals surface area contributed by atoms with E-state index in [0.29, 0.717) is 0 Å². The summed E-state index contributed by atoms with van der Waals surface area (Å²) in [4.78, 5) is 10.3. The van der Waals surface area contributed by atoms with Crippen molar-refractivity contribution in [2.45, 2.75) is 11.8 Å². The van der Waals surface area contributed by atoms with E-state index >= 15 is 0 Å². The largest absolute Gasteiger partial charge is 0.399 e. The van der Waals surface area contributed by atoms with Gasteiger partial charge in [0.25, 0.3) is 15.7 Å². The van der Waals surface area contributed by atoms with Crippen molar-refractivity contribution in [2.75, 3.05) is 10.5 Å². The molecule has 2 aromatic carbocycles. The van der Waals surface area contributed by atoms with E-state index in [1.165, 1.54) is 24.3 Å². The van der Waals surface area contributed by atoms with Gasteiger partial charge in [0.2, 0.25) is 0 Å². The van der Waals surface area contributed by atoms with Crippen LogP contribution in [-0.4, -0.2) is 13.3 Å². The molecule has 0 aromatic heterocycles. The molecular weight excluding hydrogens is 294 g/mol. The van der Waals surface area contributed by atoms with E-state index in [0.717, 1.165) is 11.6 Å². The molecule has 0 unspecified atom stereocenters. The fourth-order valence-corrected chi connectivity index (χ4v) is 2.78. The van der Waals surface area contributed by atoms with E-state index < -0.39 is 14.9 Å². The second-order valence-corrected chi connectivity index (χ2v) is 6.13. The Morgan fingerprint density at radius 2 is 1.76 bits per heavy atom. The Morgan fingerprint density at radius 1 is 1.14 bits per heavy atom. The average Bonchev–Trinajstić information content (AvgIpc) is 2.38. The van der Waals surface area contributed by atoms with Gasteiger partial charge in [0.05, 0.1) is 9.82 Å². The molecule has 0 fully saturated rings. The maximum Gasteiger partial charge on any atom is 0.293 e. The molecule has 0 saturated heterocycles. The predicted octanol–water partition coefficient (Wildman–Crippen LogP) is 2.29. The van der Waals surface area contributed by atoms with E-state index in [2.05, 4.69) is 4.72 Å². The first kappa shape index (κ1) is 14.8. The number of aryl methyl sites for hydroxylation is 1. The lowest BCUT2D eigenvalue weighted by Crippen LogP contribution is -2.14. The average molecular weight is 307 g/mol. The minimum absolute atomic E-state index is 0.0184. The number of nitrogens with one attached hydrogen (secondary N) is 1.